The fourth-order valence-electron chi connectivity index (χ4n) is 3.05. The van der Waals surface area contributed by atoms with E-state index in [9.17, 15) is 4.79 Å². The van der Waals surface area contributed by atoms with Crippen molar-refractivity contribution in [2.75, 3.05) is 5.73 Å². The lowest BCUT2D eigenvalue weighted by atomic mass is 9.61. The maximum Gasteiger partial charge on any atom is 0.163 e. The van der Waals surface area contributed by atoms with Gasteiger partial charge in [0.1, 0.15) is 0 Å². The Hall–Kier alpha value is -1.80. The molecule has 0 spiro atoms. The highest BCUT2D eigenvalue weighted by Gasteiger charge is 2.40. The largest absolute Gasteiger partial charge is 0.399 e. The van der Waals surface area contributed by atoms with E-state index in [4.69, 9.17) is 17.3 Å². The molecule has 0 aromatic heterocycles. The molecule has 108 valence electrons. The standard InChI is InChI=1S/C18H18ClNO/c19-15-6-2-13(3-7-15)17(21)12-18(10-1-11-18)14-4-8-16(20)9-5-14/h2-9H,1,10-12,20H2. The van der Waals surface area contributed by atoms with Crippen LogP contribution in [0.25, 0.3) is 0 Å². The highest BCUT2D eigenvalue weighted by molar-refractivity contribution is 6.30. The first-order chi connectivity index (χ1) is 10.1. The van der Waals surface area contributed by atoms with Gasteiger partial charge >= 0.3 is 0 Å². The lowest BCUT2D eigenvalue weighted by molar-refractivity contribution is 0.0905. The minimum absolute atomic E-state index is 0.00950. The minimum atomic E-state index is -0.00950. The van der Waals surface area contributed by atoms with E-state index >= 15 is 0 Å². The molecule has 0 unspecified atom stereocenters. The van der Waals surface area contributed by atoms with Crippen LogP contribution in [0.2, 0.25) is 5.02 Å². The molecule has 0 heterocycles. The van der Waals surface area contributed by atoms with Gasteiger partial charge in [0.25, 0.3) is 0 Å². The highest BCUT2D eigenvalue weighted by atomic mass is 35.5. The number of benzene rings is 2. The molecule has 2 nitrogen and oxygen atoms in total. The topological polar surface area (TPSA) is 43.1 Å². The van der Waals surface area contributed by atoms with Crippen LogP contribution >= 0.6 is 11.6 Å². The van der Waals surface area contributed by atoms with Crippen molar-refractivity contribution in [3.05, 3.63) is 64.7 Å². The van der Waals surface area contributed by atoms with Gasteiger partial charge < -0.3 is 5.73 Å². The molecule has 3 rings (SSSR count). The van der Waals surface area contributed by atoms with Gasteiger partial charge in [-0.05, 0) is 54.8 Å². The lowest BCUT2D eigenvalue weighted by Gasteiger charge is -2.42. The number of ketones is 1. The molecular weight excluding hydrogens is 282 g/mol. The van der Waals surface area contributed by atoms with Gasteiger partial charge in [-0.1, -0.05) is 30.2 Å². The van der Waals surface area contributed by atoms with E-state index in [0.29, 0.717) is 11.4 Å². The third-order valence-electron chi connectivity index (χ3n) is 4.50. The van der Waals surface area contributed by atoms with Crippen LogP contribution in [0, 0.1) is 0 Å². The molecule has 3 heteroatoms. The van der Waals surface area contributed by atoms with Gasteiger partial charge in [-0.25, -0.2) is 0 Å². The van der Waals surface area contributed by atoms with Gasteiger partial charge in [0.15, 0.2) is 5.78 Å². The van der Waals surface area contributed by atoms with Crippen LogP contribution in [0.5, 0.6) is 0 Å². The molecule has 0 atom stereocenters. The molecule has 2 aromatic rings. The Labute approximate surface area is 129 Å². The average Bonchev–Trinajstić information content (AvgIpc) is 2.44. The van der Waals surface area contributed by atoms with Crippen molar-refractivity contribution in [3.8, 4) is 0 Å². The van der Waals surface area contributed by atoms with E-state index in [1.807, 2.05) is 12.1 Å². The van der Waals surface area contributed by atoms with Crippen molar-refractivity contribution in [3.63, 3.8) is 0 Å². The maximum absolute atomic E-state index is 12.5. The van der Waals surface area contributed by atoms with Gasteiger partial charge in [-0.15, -0.1) is 0 Å². The number of hydrogen-bond donors (Lipinski definition) is 1. The maximum atomic E-state index is 12.5. The third-order valence-corrected chi connectivity index (χ3v) is 4.75. The minimum Gasteiger partial charge on any atom is -0.399 e. The zero-order valence-electron chi connectivity index (χ0n) is 11.8. The summed E-state index contributed by atoms with van der Waals surface area (Å²) in [7, 11) is 0. The number of hydrogen-bond acceptors (Lipinski definition) is 2. The second-order valence-electron chi connectivity index (χ2n) is 5.86. The molecule has 21 heavy (non-hydrogen) atoms. The Kier molecular flexibility index (Phi) is 3.73. The number of carbonyl (C=O) groups excluding carboxylic acids is 1. The van der Waals surface area contributed by atoms with Gasteiger partial charge in [-0.2, -0.15) is 0 Å². The van der Waals surface area contributed by atoms with Crippen LogP contribution < -0.4 is 5.73 Å². The van der Waals surface area contributed by atoms with E-state index < -0.39 is 0 Å². The van der Waals surface area contributed by atoms with Crippen LogP contribution in [-0.4, -0.2) is 5.78 Å². The molecule has 1 fully saturated rings. The smallest absolute Gasteiger partial charge is 0.163 e. The molecule has 0 aliphatic heterocycles. The summed E-state index contributed by atoms with van der Waals surface area (Å²) in [6.07, 6.45) is 3.86. The first-order valence-corrected chi connectivity index (χ1v) is 7.62. The van der Waals surface area contributed by atoms with E-state index in [1.54, 1.807) is 24.3 Å². The number of nitrogens with two attached hydrogens (primary N) is 1. The predicted molar refractivity (Wildman–Crippen MR) is 86.8 cm³/mol. The first-order valence-electron chi connectivity index (χ1n) is 7.24. The number of nitrogen functional groups attached to an aromatic ring is 1. The third kappa shape index (κ3) is 2.81. The van der Waals surface area contributed by atoms with Gasteiger partial charge in [0, 0.05) is 28.1 Å². The number of carbonyl (C=O) groups is 1. The van der Waals surface area contributed by atoms with Gasteiger partial charge in [0.2, 0.25) is 0 Å². The Bertz CT molecular complexity index is 642. The zero-order valence-corrected chi connectivity index (χ0v) is 12.6. The van der Waals surface area contributed by atoms with Crippen molar-refractivity contribution in [1.82, 2.24) is 0 Å². The molecule has 0 radical (unpaired) electrons. The van der Waals surface area contributed by atoms with E-state index in [1.165, 1.54) is 12.0 Å². The number of rotatable bonds is 4. The van der Waals surface area contributed by atoms with Crippen LogP contribution in [0.1, 0.15) is 41.6 Å². The molecule has 1 aliphatic carbocycles. The second-order valence-corrected chi connectivity index (χ2v) is 6.30. The predicted octanol–water partition coefficient (Wildman–Crippen LogP) is 4.62. The summed E-state index contributed by atoms with van der Waals surface area (Å²) >= 11 is 5.88. The highest BCUT2D eigenvalue weighted by Crippen LogP contribution is 2.47. The molecule has 0 amide bonds. The lowest BCUT2D eigenvalue weighted by Crippen LogP contribution is -2.36. The molecule has 1 aliphatic rings. The SMILES string of the molecule is Nc1ccc(C2(CC(=O)c3ccc(Cl)cc3)CCC2)cc1. The Balaban J connectivity index is 1.82. The summed E-state index contributed by atoms with van der Waals surface area (Å²) in [5.74, 6) is 0.184. The average molecular weight is 300 g/mol. The summed E-state index contributed by atoms with van der Waals surface area (Å²) in [6.45, 7) is 0. The van der Waals surface area contributed by atoms with Crippen molar-refractivity contribution < 1.29 is 4.79 Å². The molecular formula is C18H18ClNO. The Morgan fingerprint density at radius 3 is 2.19 bits per heavy atom. The first kappa shape index (κ1) is 14.2. The van der Waals surface area contributed by atoms with Gasteiger partial charge in [0.05, 0.1) is 0 Å². The van der Waals surface area contributed by atoms with E-state index in [-0.39, 0.29) is 11.2 Å². The van der Waals surface area contributed by atoms with Crippen molar-refractivity contribution in [1.29, 1.82) is 0 Å². The molecule has 0 saturated heterocycles. The fourth-order valence-corrected chi connectivity index (χ4v) is 3.18. The Morgan fingerprint density at radius 1 is 1.05 bits per heavy atom. The molecule has 1 saturated carbocycles. The van der Waals surface area contributed by atoms with Crippen LogP contribution in [0.3, 0.4) is 0 Å². The van der Waals surface area contributed by atoms with Crippen molar-refractivity contribution in [2.45, 2.75) is 31.1 Å². The number of anilines is 1. The number of Topliss-reactive ketones (excluding diaryl/α,β-unsaturated/α-hetero) is 1. The zero-order chi connectivity index (χ0) is 14.9. The molecule has 2 N–H and O–H groups in total. The number of halogens is 1. The van der Waals surface area contributed by atoms with Gasteiger partial charge in [-0.3, -0.25) is 4.79 Å². The van der Waals surface area contributed by atoms with E-state index in [2.05, 4.69) is 12.1 Å². The molecule has 0 bridgehead atoms. The van der Waals surface area contributed by atoms with Crippen LogP contribution in [-0.2, 0) is 5.41 Å². The second kappa shape index (κ2) is 5.53. The summed E-state index contributed by atoms with van der Waals surface area (Å²) in [5.41, 5.74) is 8.47. The fraction of sp³-hybridized carbons (Fsp3) is 0.278. The van der Waals surface area contributed by atoms with Crippen LogP contribution in [0.4, 0.5) is 5.69 Å². The van der Waals surface area contributed by atoms with Crippen molar-refractivity contribution >= 4 is 23.1 Å². The summed E-state index contributed by atoms with van der Waals surface area (Å²) in [4.78, 5) is 12.5. The van der Waals surface area contributed by atoms with Crippen LogP contribution in [0.15, 0.2) is 48.5 Å². The quantitative estimate of drug-likeness (QED) is 0.661. The summed E-state index contributed by atoms with van der Waals surface area (Å²) < 4.78 is 0. The monoisotopic (exact) mass is 299 g/mol. The Morgan fingerprint density at radius 2 is 1.67 bits per heavy atom. The summed E-state index contributed by atoms with van der Waals surface area (Å²) in [6, 6.07) is 15.1. The summed E-state index contributed by atoms with van der Waals surface area (Å²) in [5, 5.41) is 0.656. The normalized spacial score (nSPS) is 16.2. The van der Waals surface area contributed by atoms with Crippen molar-refractivity contribution in [2.24, 2.45) is 0 Å². The molecule has 2 aromatic carbocycles. The van der Waals surface area contributed by atoms with E-state index in [0.717, 1.165) is 24.1 Å².